The van der Waals surface area contributed by atoms with Crippen LogP contribution in [0.2, 0.25) is 0 Å². The zero-order valence-electron chi connectivity index (χ0n) is 16.4. The quantitative estimate of drug-likeness (QED) is 0.330. The highest BCUT2D eigenvalue weighted by atomic mass is 32.1. The number of carbonyl (C=O) groups excluding carboxylic acids is 1. The molecule has 0 saturated heterocycles. The van der Waals surface area contributed by atoms with Gasteiger partial charge in [0.15, 0.2) is 5.96 Å². The first-order chi connectivity index (χ1) is 13.1. The zero-order chi connectivity index (χ0) is 19.5. The van der Waals surface area contributed by atoms with Crippen molar-refractivity contribution in [2.45, 2.75) is 40.2 Å². The molecule has 0 bridgehead atoms. The van der Waals surface area contributed by atoms with Crippen LogP contribution < -0.4 is 16.0 Å². The lowest BCUT2D eigenvalue weighted by Gasteiger charge is -2.11. The third kappa shape index (κ3) is 7.42. The number of carbonyl (C=O) groups is 1. The van der Waals surface area contributed by atoms with E-state index in [2.05, 4.69) is 39.0 Å². The summed E-state index contributed by atoms with van der Waals surface area (Å²) in [6, 6.07) is 5.81. The van der Waals surface area contributed by atoms with Crippen LogP contribution in [0.1, 0.15) is 40.8 Å². The fraction of sp³-hybridized carbons (Fsp3) is 0.526. The molecule has 0 aliphatic rings. The fourth-order valence-electron chi connectivity index (χ4n) is 2.65. The molecule has 3 N–H and O–H groups in total. The Balaban J connectivity index is 1.64. The molecular formula is C19H30N6OS. The van der Waals surface area contributed by atoms with Crippen molar-refractivity contribution >= 4 is 23.2 Å². The van der Waals surface area contributed by atoms with E-state index in [1.807, 2.05) is 36.0 Å². The van der Waals surface area contributed by atoms with E-state index in [9.17, 15) is 4.79 Å². The Hall–Kier alpha value is -2.35. The summed E-state index contributed by atoms with van der Waals surface area (Å²) in [7, 11) is 0. The number of nitrogens with one attached hydrogen (secondary N) is 3. The maximum absolute atomic E-state index is 11.9. The number of rotatable bonds is 10. The summed E-state index contributed by atoms with van der Waals surface area (Å²) in [6.45, 7) is 9.96. The number of thiophene rings is 1. The van der Waals surface area contributed by atoms with Gasteiger partial charge in [-0.1, -0.05) is 6.07 Å². The number of nitrogens with zero attached hydrogens (tertiary/aromatic N) is 3. The lowest BCUT2D eigenvalue weighted by Crippen LogP contribution is -2.39. The van der Waals surface area contributed by atoms with Crippen LogP contribution >= 0.6 is 11.3 Å². The van der Waals surface area contributed by atoms with E-state index in [1.165, 1.54) is 17.0 Å². The number of aryl methyl sites for hydroxylation is 3. The van der Waals surface area contributed by atoms with Crippen LogP contribution in [-0.2, 0) is 6.54 Å². The van der Waals surface area contributed by atoms with Crippen LogP contribution in [-0.4, -0.2) is 47.8 Å². The molecule has 2 heterocycles. The first kappa shape index (κ1) is 21.0. The number of guanidine groups is 1. The van der Waals surface area contributed by atoms with Gasteiger partial charge >= 0.3 is 0 Å². The topological polar surface area (TPSA) is 83.3 Å². The highest BCUT2D eigenvalue weighted by molar-refractivity contribution is 7.12. The molecule has 0 fully saturated rings. The van der Waals surface area contributed by atoms with Gasteiger partial charge in [0, 0.05) is 38.4 Å². The summed E-state index contributed by atoms with van der Waals surface area (Å²) in [5, 5.41) is 15.9. The number of aliphatic imine (C=N–C) groups is 1. The van der Waals surface area contributed by atoms with Crippen molar-refractivity contribution in [3.8, 4) is 0 Å². The lowest BCUT2D eigenvalue weighted by atomic mass is 10.4. The van der Waals surface area contributed by atoms with Gasteiger partial charge in [-0.3, -0.25) is 14.5 Å². The molecule has 8 heteroatoms. The third-order valence-corrected chi connectivity index (χ3v) is 4.79. The maximum Gasteiger partial charge on any atom is 0.261 e. The van der Waals surface area contributed by atoms with Gasteiger partial charge in [-0.25, -0.2) is 0 Å². The highest BCUT2D eigenvalue weighted by Crippen LogP contribution is 2.07. The van der Waals surface area contributed by atoms with Gasteiger partial charge in [0.05, 0.1) is 10.6 Å². The average Bonchev–Trinajstić information content (AvgIpc) is 3.28. The summed E-state index contributed by atoms with van der Waals surface area (Å²) >= 11 is 1.46. The van der Waals surface area contributed by atoms with E-state index < -0.39 is 0 Å². The van der Waals surface area contributed by atoms with Gasteiger partial charge in [-0.05, 0) is 51.1 Å². The van der Waals surface area contributed by atoms with E-state index >= 15 is 0 Å². The zero-order valence-corrected chi connectivity index (χ0v) is 17.2. The Kier molecular flexibility index (Phi) is 8.83. The molecule has 27 heavy (non-hydrogen) atoms. The number of hydrogen-bond donors (Lipinski definition) is 3. The minimum Gasteiger partial charge on any atom is -0.357 e. The van der Waals surface area contributed by atoms with Gasteiger partial charge in [0.25, 0.3) is 5.91 Å². The average molecular weight is 391 g/mol. The molecule has 0 aliphatic heterocycles. The van der Waals surface area contributed by atoms with E-state index in [0.717, 1.165) is 55.6 Å². The van der Waals surface area contributed by atoms with E-state index in [0.29, 0.717) is 6.54 Å². The summed E-state index contributed by atoms with van der Waals surface area (Å²) in [4.78, 5) is 17.2. The summed E-state index contributed by atoms with van der Waals surface area (Å²) in [5.74, 6) is 0.810. The van der Waals surface area contributed by atoms with Gasteiger partial charge < -0.3 is 16.0 Å². The molecule has 7 nitrogen and oxygen atoms in total. The molecule has 0 aromatic carbocycles. The Bertz CT molecular complexity index is 723. The van der Waals surface area contributed by atoms with Crippen LogP contribution in [0.15, 0.2) is 28.6 Å². The van der Waals surface area contributed by atoms with Crippen LogP contribution in [0.5, 0.6) is 0 Å². The molecular weight excluding hydrogens is 360 g/mol. The lowest BCUT2D eigenvalue weighted by molar-refractivity contribution is 0.0957. The minimum absolute atomic E-state index is 0.00488. The number of amides is 1. The van der Waals surface area contributed by atoms with Gasteiger partial charge in [-0.15, -0.1) is 11.3 Å². The molecule has 0 unspecified atom stereocenters. The Morgan fingerprint density at radius 3 is 2.70 bits per heavy atom. The molecule has 0 saturated carbocycles. The van der Waals surface area contributed by atoms with Crippen LogP contribution in [0.3, 0.4) is 0 Å². The van der Waals surface area contributed by atoms with Crippen LogP contribution in [0.4, 0.5) is 0 Å². The SMILES string of the molecule is CCNC(=NCCCn1nc(C)cc1C)NCCCNC(=O)c1cccs1. The van der Waals surface area contributed by atoms with Gasteiger partial charge in [-0.2, -0.15) is 5.10 Å². The molecule has 0 aliphatic carbocycles. The second-order valence-electron chi connectivity index (χ2n) is 6.28. The largest absolute Gasteiger partial charge is 0.357 e. The normalized spacial score (nSPS) is 11.4. The van der Waals surface area contributed by atoms with Crippen molar-refractivity contribution in [1.82, 2.24) is 25.7 Å². The molecule has 148 valence electrons. The Morgan fingerprint density at radius 1 is 1.22 bits per heavy atom. The highest BCUT2D eigenvalue weighted by Gasteiger charge is 2.05. The van der Waals surface area contributed by atoms with Gasteiger partial charge in [0.2, 0.25) is 0 Å². The predicted molar refractivity (Wildman–Crippen MR) is 112 cm³/mol. The maximum atomic E-state index is 11.9. The predicted octanol–water partition coefficient (Wildman–Crippen LogP) is 2.33. The summed E-state index contributed by atoms with van der Waals surface area (Å²) in [6.07, 6.45) is 1.78. The van der Waals surface area contributed by atoms with Crippen LogP contribution in [0, 0.1) is 13.8 Å². The smallest absolute Gasteiger partial charge is 0.261 e. The molecule has 2 aromatic rings. The van der Waals surface area contributed by atoms with Crippen LogP contribution in [0.25, 0.3) is 0 Å². The minimum atomic E-state index is -0.00488. The molecule has 0 atom stereocenters. The molecule has 2 rings (SSSR count). The number of aromatic nitrogens is 2. The molecule has 0 radical (unpaired) electrons. The summed E-state index contributed by atoms with van der Waals surface area (Å²) in [5.41, 5.74) is 2.24. The number of hydrogen-bond acceptors (Lipinski definition) is 4. The van der Waals surface area contributed by atoms with Crippen molar-refractivity contribution in [1.29, 1.82) is 0 Å². The Morgan fingerprint density at radius 2 is 2.04 bits per heavy atom. The first-order valence-corrected chi connectivity index (χ1v) is 10.3. The monoisotopic (exact) mass is 390 g/mol. The first-order valence-electron chi connectivity index (χ1n) is 9.45. The van der Waals surface area contributed by atoms with Crippen molar-refractivity contribution in [2.75, 3.05) is 26.2 Å². The molecule has 2 aromatic heterocycles. The fourth-order valence-corrected chi connectivity index (χ4v) is 3.29. The van der Waals surface area contributed by atoms with Crippen molar-refractivity contribution < 1.29 is 4.79 Å². The summed E-state index contributed by atoms with van der Waals surface area (Å²) < 4.78 is 2.03. The molecule has 0 spiro atoms. The van der Waals surface area contributed by atoms with E-state index in [4.69, 9.17) is 0 Å². The second kappa shape index (κ2) is 11.4. The van der Waals surface area contributed by atoms with Gasteiger partial charge in [0.1, 0.15) is 0 Å². The van der Waals surface area contributed by atoms with Crippen molar-refractivity contribution in [3.63, 3.8) is 0 Å². The van der Waals surface area contributed by atoms with Crippen molar-refractivity contribution in [3.05, 3.63) is 39.8 Å². The third-order valence-electron chi connectivity index (χ3n) is 3.92. The standard InChI is InChI=1S/C19H30N6OS/c1-4-20-19(23-11-7-12-25-16(3)14-15(2)24-25)22-10-6-9-21-18(26)17-8-5-13-27-17/h5,8,13-14H,4,6-7,9-12H2,1-3H3,(H,21,26)(H2,20,22,23). The van der Waals surface area contributed by atoms with E-state index in [1.54, 1.807) is 0 Å². The molecule has 1 amide bonds. The second-order valence-corrected chi connectivity index (χ2v) is 7.23. The van der Waals surface area contributed by atoms with Crippen molar-refractivity contribution in [2.24, 2.45) is 4.99 Å². The van der Waals surface area contributed by atoms with E-state index in [-0.39, 0.29) is 5.91 Å². The Labute approximate surface area is 165 Å².